The monoisotopic (exact) mass is 318 g/mol. The molecule has 2 amide bonds. The lowest BCUT2D eigenvalue weighted by Gasteiger charge is -2.28. The fraction of sp³-hybridized carbons (Fsp3) is 0.667. The Balaban J connectivity index is 1.31. The zero-order chi connectivity index (χ0) is 16.2. The van der Waals surface area contributed by atoms with Gasteiger partial charge in [-0.25, -0.2) is 0 Å². The molecule has 2 fully saturated rings. The van der Waals surface area contributed by atoms with Crippen LogP contribution < -0.4 is 10.6 Å². The fourth-order valence-electron chi connectivity index (χ4n) is 4.29. The SMILES string of the molecule is CC(NC(=O)CCCNC(=O)c1ccco1)C1CC2CCC1C2. The van der Waals surface area contributed by atoms with Crippen molar-refractivity contribution in [3.8, 4) is 0 Å². The van der Waals surface area contributed by atoms with Crippen LogP contribution in [0.15, 0.2) is 22.8 Å². The lowest BCUT2D eigenvalue weighted by atomic mass is 9.84. The van der Waals surface area contributed by atoms with Gasteiger partial charge in [0.15, 0.2) is 5.76 Å². The molecule has 1 aromatic heterocycles. The van der Waals surface area contributed by atoms with Crippen molar-refractivity contribution in [2.45, 2.75) is 51.5 Å². The average molecular weight is 318 g/mol. The van der Waals surface area contributed by atoms with Gasteiger partial charge in [-0.3, -0.25) is 9.59 Å². The van der Waals surface area contributed by atoms with Crippen molar-refractivity contribution in [3.63, 3.8) is 0 Å². The van der Waals surface area contributed by atoms with Gasteiger partial charge in [-0.05, 0) is 62.5 Å². The van der Waals surface area contributed by atoms with Crippen molar-refractivity contribution in [1.82, 2.24) is 10.6 Å². The number of hydrogen-bond donors (Lipinski definition) is 2. The predicted octanol–water partition coefficient (Wildman–Crippen LogP) is 2.73. The molecule has 3 rings (SSSR count). The Labute approximate surface area is 137 Å². The van der Waals surface area contributed by atoms with Gasteiger partial charge >= 0.3 is 0 Å². The zero-order valence-corrected chi connectivity index (χ0v) is 13.7. The van der Waals surface area contributed by atoms with E-state index in [1.807, 2.05) is 0 Å². The summed E-state index contributed by atoms with van der Waals surface area (Å²) in [5.74, 6) is 2.55. The Hall–Kier alpha value is -1.78. The molecular formula is C18H26N2O3. The number of nitrogens with one attached hydrogen (secondary N) is 2. The third-order valence-corrected chi connectivity index (χ3v) is 5.43. The van der Waals surface area contributed by atoms with E-state index in [0.29, 0.717) is 31.1 Å². The van der Waals surface area contributed by atoms with Crippen LogP contribution in [-0.4, -0.2) is 24.4 Å². The predicted molar refractivity (Wildman–Crippen MR) is 86.8 cm³/mol. The number of amides is 2. The molecular weight excluding hydrogens is 292 g/mol. The highest BCUT2D eigenvalue weighted by Crippen LogP contribution is 2.49. The molecule has 2 aliphatic carbocycles. The van der Waals surface area contributed by atoms with Gasteiger partial charge in [-0.1, -0.05) is 6.42 Å². The first-order valence-corrected chi connectivity index (χ1v) is 8.74. The maximum absolute atomic E-state index is 12.0. The summed E-state index contributed by atoms with van der Waals surface area (Å²) < 4.78 is 5.02. The van der Waals surface area contributed by atoms with Crippen LogP contribution >= 0.6 is 0 Å². The van der Waals surface area contributed by atoms with Gasteiger partial charge in [0, 0.05) is 19.0 Å². The molecule has 0 spiro atoms. The first-order valence-electron chi connectivity index (χ1n) is 8.74. The summed E-state index contributed by atoms with van der Waals surface area (Å²) in [6, 6.07) is 3.58. The molecule has 126 valence electrons. The molecule has 0 saturated heterocycles. The molecule has 5 nitrogen and oxygen atoms in total. The molecule has 2 N–H and O–H groups in total. The van der Waals surface area contributed by atoms with Crippen molar-refractivity contribution < 1.29 is 14.0 Å². The van der Waals surface area contributed by atoms with E-state index in [1.165, 1.54) is 31.9 Å². The minimum absolute atomic E-state index is 0.0903. The summed E-state index contributed by atoms with van der Waals surface area (Å²) in [7, 11) is 0. The molecule has 1 aromatic rings. The van der Waals surface area contributed by atoms with Crippen LogP contribution in [0.4, 0.5) is 0 Å². The Morgan fingerprint density at radius 3 is 2.87 bits per heavy atom. The lowest BCUT2D eigenvalue weighted by molar-refractivity contribution is -0.122. The summed E-state index contributed by atoms with van der Waals surface area (Å²) in [6.07, 6.45) is 7.94. The van der Waals surface area contributed by atoms with Gasteiger partial charge in [-0.15, -0.1) is 0 Å². The van der Waals surface area contributed by atoms with Gasteiger partial charge in [0.1, 0.15) is 0 Å². The molecule has 0 aromatic carbocycles. The quantitative estimate of drug-likeness (QED) is 0.759. The second-order valence-electron chi connectivity index (χ2n) is 7.03. The maximum atomic E-state index is 12.0. The van der Waals surface area contributed by atoms with E-state index >= 15 is 0 Å². The largest absolute Gasteiger partial charge is 0.459 e. The average Bonchev–Trinajstić information content (AvgIpc) is 3.28. The third-order valence-electron chi connectivity index (χ3n) is 5.43. The minimum Gasteiger partial charge on any atom is -0.459 e. The standard InChI is InChI=1S/C18H26N2O3/c1-12(15-11-13-6-7-14(15)10-13)20-17(21)5-2-8-19-18(22)16-4-3-9-23-16/h3-4,9,12-15H,2,5-8,10-11H2,1H3,(H,19,22)(H,20,21). The molecule has 0 radical (unpaired) electrons. The van der Waals surface area contributed by atoms with Gasteiger partial charge in [0.2, 0.25) is 5.91 Å². The van der Waals surface area contributed by atoms with Crippen LogP contribution in [0.2, 0.25) is 0 Å². The summed E-state index contributed by atoms with van der Waals surface area (Å²) in [6.45, 7) is 2.62. The van der Waals surface area contributed by atoms with E-state index in [-0.39, 0.29) is 17.9 Å². The molecule has 1 heterocycles. The number of carbonyl (C=O) groups is 2. The number of rotatable bonds is 7. The first kappa shape index (κ1) is 16.1. The molecule has 23 heavy (non-hydrogen) atoms. The van der Waals surface area contributed by atoms with Crippen LogP contribution in [0.3, 0.4) is 0 Å². The Bertz CT molecular complexity index is 540. The second-order valence-corrected chi connectivity index (χ2v) is 7.03. The van der Waals surface area contributed by atoms with Gasteiger partial charge in [0.05, 0.1) is 6.26 Å². The number of carbonyl (C=O) groups excluding carboxylic acids is 2. The van der Waals surface area contributed by atoms with Crippen molar-refractivity contribution in [1.29, 1.82) is 0 Å². The Morgan fingerprint density at radius 2 is 2.22 bits per heavy atom. The minimum atomic E-state index is -0.231. The topological polar surface area (TPSA) is 71.3 Å². The van der Waals surface area contributed by atoms with Crippen LogP contribution in [0.1, 0.15) is 56.0 Å². The second kappa shape index (κ2) is 7.20. The van der Waals surface area contributed by atoms with E-state index in [4.69, 9.17) is 4.42 Å². The van der Waals surface area contributed by atoms with Gasteiger partial charge in [0.25, 0.3) is 5.91 Å². The Morgan fingerprint density at radius 1 is 1.35 bits per heavy atom. The highest BCUT2D eigenvalue weighted by atomic mass is 16.3. The summed E-state index contributed by atoms with van der Waals surface area (Å²) in [5, 5.41) is 5.91. The number of furan rings is 1. The molecule has 5 heteroatoms. The molecule has 2 aliphatic rings. The van der Waals surface area contributed by atoms with Crippen molar-refractivity contribution >= 4 is 11.8 Å². The van der Waals surface area contributed by atoms with Crippen molar-refractivity contribution in [2.75, 3.05) is 6.54 Å². The van der Waals surface area contributed by atoms with E-state index in [0.717, 1.165) is 11.8 Å². The van der Waals surface area contributed by atoms with E-state index in [9.17, 15) is 9.59 Å². The third kappa shape index (κ3) is 3.95. The van der Waals surface area contributed by atoms with Crippen molar-refractivity contribution in [2.24, 2.45) is 17.8 Å². The summed E-state index contributed by atoms with van der Waals surface area (Å²) in [5.41, 5.74) is 0. The molecule has 2 bridgehead atoms. The Kier molecular flexibility index (Phi) is 5.03. The van der Waals surface area contributed by atoms with Crippen LogP contribution in [0.25, 0.3) is 0 Å². The van der Waals surface area contributed by atoms with Crippen LogP contribution in [-0.2, 0) is 4.79 Å². The highest BCUT2D eigenvalue weighted by molar-refractivity contribution is 5.91. The molecule has 4 unspecified atom stereocenters. The number of fused-ring (bicyclic) bond motifs is 2. The van der Waals surface area contributed by atoms with Gasteiger partial charge in [-0.2, -0.15) is 0 Å². The van der Waals surface area contributed by atoms with Crippen LogP contribution in [0, 0.1) is 17.8 Å². The van der Waals surface area contributed by atoms with Gasteiger partial charge < -0.3 is 15.1 Å². The molecule has 0 aliphatic heterocycles. The molecule has 2 saturated carbocycles. The summed E-state index contributed by atoms with van der Waals surface area (Å²) in [4.78, 5) is 23.7. The zero-order valence-electron chi connectivity index (χ0n) is 13.7. The summed E-state index contributed by atoms with van der Waals surface area (Å²) >= 11 is 0. The first-order chi connectivity index (χ1) is 11.1. The maximum Gasteiger partial charge on any atom is 0.286 e. The fourth-order valence-corrected chi connectivity index (χ4v) is 4.29. The smallest absolute Gasteiger partial charge is 0.286 e. The van der Waals surface area contributed by atoms with Crippen molar-refractivity contribution in [3.05, 3.63) is 24.2 Å². The molecule has 4 atom stereocenters. The lowest BCUT2D eigenvalue weighted by Crippen LogP contribution is -2.40. The van der Waals surface area contributed by atoms with Crippen LogP contribution in [0.5, 0.6) is 0 Å². The number of hydrogen-bond acceptors (Lipinski definition) is 3. The highest BCUT2D eigenvalue weighted by Gasteiger charge is 2.41. The normalized spacial score (nSPS) is 26.9. The van der Waals surface area contributed by atoms with E-state index in [2.05, 4.69) is 17.6 Å². The van der Waals surface area contributed by atoms with E-state index < -0.39 is 0 Å². The van der Waals surface area contributed by atoms with E-state index in [1.54, 1.807) is 12.1 Å².